The van der Waals surface area contributed by atoms with Gasteiger partial charge in [0.15, 0.2) is 5.82 Å². The molecule has 0 saturated heterocycles. The molecule has 1 fully saturated rings. The summed E-state index contributed by atoms with van der Waals surface area (Å²) >= 11 is 0. The molecule has 142 valence electrons. The first kappa shape index (κ1) is 18.1. The van der Waals surface area contributed by atoms with Crippen molar-refractivity contribution in [3.8, 4) is 29.1 Å². The minimum absolute atomic E-state index is 0.183. The molecule has 0 bridgehead atoms. The Bertz CT molecular complexity index is 1030. The predicted octanol–water partition coefficient (Wildman–Crippen LogP) is 2.41. The monoisotopic (exact) mass is 376 g/mol. The molecule has 4 rings (SSSR count). The van der Waals surface area contributed by atoms with Gasteiger partial charge in [-0.25, -0.2) is 14.6 Å². The van der Waals surface area contributed by atoms with Gasteiger partial charge in [0.1, 0.15) is 5.75 Å². The van der Waals surface area contributed by atoms with Crippen molar-refractivity contribution < 1.29 is 9.84 Å². The average molecular weight is 376 g/mol. The minimum Gasteiger partial charge on any atom is -0.438 e. The number of ether oxygens (including phenoxy) is 1. The van der Waals surface area contributed by atoms with Crippen molar-refractivity contribution >= 4 is 0 Å². The van der Waals surface area contributed by atoms with Crippen LogP contribution in [0.3, 0.4) is 0 Å². The fourth-order valence-electron chi connectivity index (χ4n) is 2.89. The smallest absolute Gasteiger partial charge is 0.217 e. The fourth-order valence-corrected chi connectivity index (χ4v) is 2.89. The van der Waals surface area contributed by atoms with Crippen molar-refractivity contribution in [1.29, 1.82) is 5.26 Å². The molecule has 3 aromatic rings. The van der Waals surface area contributed by atoms with E-state index in [1.807, 2.05) is 13.1 Å². The lowest BCUT2D eigenvalue weighted by Crippen LogP contribution is -2.15. The SMILES string of the molecule is Cn1nc(C2CC2)cc1Oc1cc(C#N)ccc1-c1ncc(C(N)CO)cn1. The molecule has 8 nitrogen and oxygen atoms in total. The third-order valence-electron chi connectivity index (χ3n) is 4.71. The Balaban J connectivity index is 1.69. The molecule has 0 radical (unpaired) electrons. The number of aliphatic hydroxyl groups is 1. The predicted molar refractivity (Wildman–Crippen MR) is 101 cm³/mol. The zero-order chi connectivity index (χ0) is 19.7. The molecule has 3 N–H and O–H groups in total. The van der Waals surface area contributed by atoms with Gasteiger partial charge in [0, 0.05) is 37.0 Å². The lowest BCUT2D eigenvalue weighted by atomic mass is 10.1. The van der Waals surface area contributed by atoms with Gasteiger partial charge in [0.25, 0.3) is 0 Å². The van der Waals surface area contributed by atoms with Crippen LogP contribution in [0.15, 0.2) is 36.7 Å². The number of aromatic nitrogens is 4. The number of nitriles is 1. The summed E-state index contributed by atoms with van der Waals surface area (Å²) in [6.45, 7) is -0.183. The second-order valence-corrected chi connectivity index (χ2v) is 6.86. The standard InChI is InChI=1S/C20H20N6O2/c1-26-19(7-17(25-26)13-3-4-13)28-18-6-12(8-21)2-5-15(18)20-23-9-14(10-24-20)16(22)11-27/h2,5-7,9-10,13,16,27H,3-4,11,22H2,1H3. The topological polar surface area (TPSA) is 123 Å². The van der Waals surface area contributed by atoms with Crippen LogP contribution < -0.4 is 10.5 Å². The average Bonchev–Trinajstić information content (AvgIpc) is 3.51. The van der Waals surface area contributed by atoms with E-state index in [1.54, 1.807) is 35.3 Å². The second kappa shape index (κ2) is 7.38. The van der Waals surface area contributed by atoms with Crippen LogP contribution in [-0.4, -0.2) is 31.5 Å². The van der Waals surface area contributed by atoms with Crippen molar-refractivity contribution in [3.05, 3.63) is 53.5 Å². The van der Waals surface area contributed by atoms with Crippen LogP contribution in [0.25, 0.3) is 11.4 Å². The van der Waals surface area contributed by atoms with Crippen molar-refractivity contribution in [3.63, 3.8) is 0 Å². The van der Waals surface area contributed by atoms with E-state index in [4.69, 9.17) is 10.5 Å². The number of hydrogen-bond acceptors (Lipinski definition) is 7. The van der Waals surface area contributed by atoms with Gasteiger partial charge in [0.05, 0.1) is 35.5 Å². The van der Waals surface area contributed by atoms with Gasteiger partial charge in [-0.1, -0.05) is 0 Å². The molecule has 2 heterocycles. The van der Waals surface area contributed by atoms with Gasteiger partial charge in [-0.15, -0.1) is 0 Å². The highest BCUT2D eigenvalue weighted by atomic mass is 16.5. The highest BCUT2D eigenvalue weighted by molar-refractivity contribution is 5.66. The van der Waals surface area contributed by atoms with Crippen LogP contribution in [0.5, 0.6) is 11.6 Å². The maximum absolute atomic E-state index is 9.26. The van der Waals surface area contributed by atoms with E-state index < -0.39 is 6.04 Å². The first-order valence-electron chi connectivity index (χ1n) is 9.03. The van der Waals surface area contributed by atoms with E-state index >= 15 is 0 Å². The highest BCUT2D eigenvalue weighted by Crippen LogP contribution is 2.41. The highest BCUT2D eigenvalue weighted by Gasteiger charge is 2.27. The Morgan fingerprint density at radius 1 is 1.32 bits per heavy atom. The Hall–Kier alpha value is -3.28. The Morgan fingerprint density at radius 2 is 2.07 bits per heavy atom. The lowest BCUT2D eigenvalue weighted by Gasteiger charge is -2.12. The zero-order valence-corrected chi connectivity index (χ0v) is 15.4. The molecule has 0 spiro atoms. The van der Waals surface area contributed by atoms with E-state index in [-0.39, 0.29) is 6.61 Å². The van der Waals surface area contributed by atoms with Crippen LogP contribution in [-0.2, 0) is 7.05 Å². The summed E-state index contributed by atoms with van der Waals surface area (Å²) < 4.78 is 7.79. The number of hydrogen-bond donors (Lipinski definition) is 2. The maximum Gasteiger partial charge on any atom is 0.217 e. The first-order valence-corrected chi connectivity index (χ1v) is 9.03. The quantitative estimate of drug-likeness (QED) is 0.677. The van der Waals surface area contributed by atoms with E-state index in [0.29, 0.717) is 40.1 Å². The van der Waals surface area contributed by atoms with Crippen LogP contribution in [0.1, 0.15) is 41.6 Å². The molecule has 8 heteroatoms. The minimum atomic E-state index is -0.527. The molecule has 2 aromatic heterocycles. The zero-order valence-electron chi connectivity index (χ0n) is 15.4. The van der Waals surface area contributed by atoms with Gasteiger partial charge in [0.2, 0.25) is 5.88 Å². The van der Waals surface area contributed by atoms with Gasteiger partial charge in [-0.2, -0.15) is 10.4 Å². The lowest BCUT2D eigenvalue weighted by molar-refractivity contribution is 0.267. The molecule has 1 saturated carbocycles. The molecular weight excluding hydrogens is 356 g/mol. The first-order chi connectivity index (χ1) is 13.6. The third kappa shape index (κ3) is 3.58. The summed E-state index contributed by atoms with van der Waals surface area (Å²) in [7, 11) is 1.83. The summed E-state index contributed by atoms with van der Waals surface area (Å²) in [5.74, 6) is 2.03. The largest absolute Gasteiger partial charge is 0.438 e. The molecule has 1 unspecified atom stereocenters. The Kier molecular flexibility index (Phi) is 4.77. The van der Waals surface area contributed by atoms with Crippen LogP contribution in [0.2, 0.25) is 0 Å². The molecule has 28 heavy (non-hydrogen) atoms. The molecule has 1 atom stereocenters. The maximum atomic E-state index is 9.26. The summed E-state index contributed by atoms with van der Waals surface area (Å²) in [6, 6.07) is 8.64. The molecule has 1 aliphatic carbocycles. The molecular formula is C20H20N6O2. The van der Waals surface area contributed by atoms with Gasteiger partial charge in [-0.3, -0.25) is 0 Å². The molecule has 1 aromatic carbocycles. The Labute approximate surface area is 162 Å². The number of nitrogens with zero attached hydrogens (tertiary/aromatic N) is 5. The van der Waals surface area contributed by atoms with Gasteiger partial charge >= 0.3 is 0 Å². The number of aliphatic hydroxyl groups excluding tert-OH is 1. The summed E-state index contributed by atoms with van der Waals surface area (Å²) in [5, 5.41) is 22.9. The normalized spacial score (nSPS) is 14.5. The third-order valence-corrected chi connectivity index (χ3v) is 4.71. The van der Waals surface area contributed by atoms with Crippen molar-refractivity contribution in [2.75, 3.05) is 6.61 Å². The second-order valence-electron chi connectivity index (χ2n) is 6.86. The van der Waals surface area contributed by atoms with Crippen molar-refractivity contribution in [2.24, 2.45) is 12.8 Å². The number of nitrogens with two attached hydrogens (primary N) is 1. The van der Waals surface area contributed by atoms with Crippen LogP contribution in [0, 0.1) is 11.3 Å². The number of aryl methyl sites for hydroxylation is 1. The Morgan fingerprint density at radius 3 is 2.71 bits per heavy atom. The number of benzene rings is 1. The molecule has 0 aliphatic heterocycles. The van der Waals surface area contributed by atoms with Crippen LogP contribution >= 0.6 is 0 Å². The van der Waals surface area contributed by atoms with E-state index in [0.717, 1.165) is 18.5 Å². The fraction of sp³-hybridized carbons (Fsp3) is 0.300. The summed E-state index contributed by atoms with van der Waals surface area (Å²) in [6.07, 6.45) is 5.48. The van der Waals surface area contributed by atoms with Crippen LogP contribution in [0.4, 0.5) is 0 Å². The van der Waals surface area contributed by atoms with Crippen molar-refractivity contribution in [1.82, 2.24) is 19.7 Å². The van der Waals surface area contributed by atoms with E-state index in [2.05, 4.69) is 21.1 Å². The molecule has 1 aliphatic rings. The van der Waals surface area contributed by atoms with E-state index in [1.165, 1.54) is 0 Å². The van der Waals surface area contributed by atoms with Gasteiger partial charge in [-0.05, 0) is 31.0 Å². The van der Waals surface area contributed by atoms with Crippen molar-refractivity contribution in [2.45, 2.75) is 24.8 Å². The van der Waals surface area contributed by atoms with E-state index in [9.17, 15) is 10.4 Å². The summed E-state index contributed by atoms with van der Waals surface area (Å²) in [4.78, 5) is 8.71. The van der Waals surface area contributed by atoms with Gasteiger partial charge < -0.3 is 15.6 Å². The molecule has 0 amide bonds. The number of rotatable bonds is 6. The summed E-state index contributed by atoms with van der Waals surface area (Å²) in [5.41, 5.74) is 8.59.